The van der Waals surface area contributed by atoms with Crippen LogP contribution in [0.1, 0.15) is 11.1 Å². The van der Waals surface area contributed by atoms with Gasteiger partial charge < -0.3 is 15.4 Å². The Hall–Kier alpha value is -2.26. The molecule has 2 aromatic carbocycles. The first kappa shape index (κ1) is 14.7. The summed E-state index contributed by atoms with van der Waals surface area (Å²) < 4.78 is 5.74. The van der Waals surface area contributed by atoms with Gasteiger partial charge in [-0.2, -0.15) is 0 Å². The lowest BCUT2D eigenvalue weighted by atomic mass is 10.0. The summed E-state index contributed by atoms with van der Waals surface area (Å²) in [6, 6.07) is 21.5. The summed E-state index contributed by atoms with van der Waals surface area (Å²) in [5, 5.41) is 6.79. The van der Waals surface area contributed by atoms with Gasteiger partial charge in [0.05, 0.1) is 0 Å². The summed E-state index contributed by atoms with van der Waals surface area (Å²) in [5.41, 5.74) is 2.47. The molecule has 0 aliphatic carbocycles. The van der Waals surface area contributed by atoms with Crippen LogP contribution in [0.5, 0.6) is 0 Å². The molecule has 0 spiro atoms. The molecule has 2 aromatic rings. The van der Waals surface area contributed by atoms with Gasteiger partial charge in [0.15, 0.2) is 5.88 Å². The van der Waals surface area contributed by atoms with Crippen LogP contribution in [0.3, 0.4) is 0 Å². The van der Waals surface area contributed by atoms with Crippen LogP contribution in [0.15, 0.2) is 73.1 Å². The summed E-state index contributed by atoms with van der Waals surface area (Å²) in [7, 11) is 0. The molecular weight excluding hydrogens is 272 g/mol. The third-order valence-corrected chi connectivity index (χ3v) is 3.83. The third kappa shape index (κ3) is 4.37. The molecule has 3 rings (SSSR count). The number of ether oxygens (including phenoxy) is 1. The Balaban J connectivity index is 1.51. The summed E-state index contributed by atoms with van der Waals surface area (Å²) in [6.07, 6.45) is 0.965. The van der Waals surface area contributed by atoms with Crippen molar-refractivity contribution in [2.45, 2.75) is 25.1 Å². The first-order valence-corrected chi connectivity index (χ1v) is 7.71. The van der Waals surface area contributed by atoms with E-state index in [0.29, 0.717) is 24.6 Å². The molecule has 0 bridgehead atoms. The van der Waals surface area contributed by atoms with E-state index in [-0.39, 0.29) is 0 Å². The van der Waals surface area contributed by atoms with Crippen LogP contribution in [0.4, 0.5) is 0 Å². The second-order valence-corrected chi connectivity index (χ2v) is 5.65. The molecule has 1 aliphatic heterocycles. The minimum absolute atomic E-state index is 0.311. The fourth-order valence-electron chi connectivity index (χ4n) is 2.51. The Kier molecular flexibility index (Phi) is 4.76. The van der Waals surface area contributed by atoms with E-state index in [1.807, 2.05) is 24.3 Å². The van der Waals surface area contributed by atoms with E-state index in [9.17, 15) is 0 Å². The fourth-order valence-corrected chi connectivity index (χ4v) is 2.51. The Morgan fingerprint density at radius 1 is 1.09 bits per heavy atom. The highest BCUT2D eigenvalue weighted by molar-refractivity contribution is 5.18. The zero-order chi connectivity index (χ0) is 15.2. The topological polar surface area (TPSA) is 43.2 Å². The van der Waals surface area contributed by atoms with Crippen LogP contribution in [-0.2, 0) is 17.8 Å². The lowest BCUT2D eigenvalue weighted by Gasteiger charge is -2.20. The van der Waals surface area contributed by atoms with Crippen molar-refractivity contribution in [2.75, 3.05) is 6.54 Å². The van der Waals surface area contributed by atoms with E-state index in [1.165, 1.54) is 5.56 Å². The van der Waals surface area contributed by atoms with Crippen molar-refractivity contribution in [2.24, 2.45) is 0 Å². The predicted octanol–water partition coefficient (Wildman–Crippen LogP) is 2.85. The summed E-state index contributed by atoms with van der Waals surface area (Å²) in [6.45, 7) is 5.60. The maximum Gasteiger partial charge on any atom is 0.179 e. The van der Waals surface area contributed by atoms with Crippen LogP contribution >= 0.6 is 0 Å². The zero-order valence-corrected chi connectivity index (χ0v) is 12.7. The molecule has 0 saturated carbocycles. The summed E-state index contributed by atoms with van der Waals surface area (Å²) >= 11 is 0. The smallest absolute Gasteiger partial charge is 0.179 e. The second kappa shape index (κ2) is 7.14. The molecule has 22 heavy (non-hydrogen) atoms. The van der Waals surface area contributed by atoms with E-state index in [4.69, 9.17) is 4.74 Å². The van der Waals surface area contributed by atoms with Gasteiger partial charge in [-0.1, -0.05) is 60.7 Å². The molecule has 2 unspecified atom stereocenters. The molecule has 1 saturated heterocycles. The SMILES string of the molecule is C=C(NC(Cc1ccccc1)C1CN1)OCc1ccccc1. The molecule has 2 atom stereocenters. The molecular formula is C19H22N2O. The van der Waals surface area contributed by atoms with Crippen LogP contribution in [0.2, 0.25) is 0 Å². The monoisotopic (exact) mass is 294 g/mol. The number of nitrogens with one attached hydrogen (secondary N) is 2. The van der Waals surface area contributed by atoms with Crippen molar-refractivity contribution in [3.05, 3.63) is 84.3 Å². The van der Waals surface area contributed by atoms with Gasteiger partial charge in [0.25, 0.3) is 0 Å². The van der Waals surface area contributed by atoms with Gasteiger partial charge in [0.1, 0.15) is 6.61 Å². The van der Waals surface area contributed by atoms with E-state index in [2.05, 4.69) is 53.6 Å². The molecule has 1 heterocycles. The quantitative estimate of drug-likeness (QED) is 0.581. The number of rotatable bonds is 8. The molecule has 114 valence electrons. The largest absolute Gasteiger partial charge is 0.475 e. The average molecular weight is 294 g/mol. The van der Waals surface area contributed by atoms with Gasteiger partial charge in [0.2, 0.25) is 0 Å². The lowest BCUT2D eigenvalue weighted by molar-refractivity contribution is 0.171. The highest BCUT2D eigenvalue weighted by Crippen LogP contribution is 2.13. The highest BCUT2D eigenvalue weighted by atomic mass is 16.5. The van der Waals surface area contributed by atoms with Gasteiger partial charge in [-0.15, -0.1) is 0 Å². The van der Waals surface area contributed by atoms with E-state index in [0.717, 1.165) is 18.5 Å². The molecule has 3 nitrogen and oxygen atoms in total. The number of hydrogen-bond donors (Lipinski definition) is 2. The summed E-state index contributed by atoms with van der Waals surface area (Å²) in [5.74, 6) is 0.637. The predicted molar refractivity (Wildman–Crippen MR) is 89.2 cm³/mol. The van der Waals surface area contributed by atoms with Gasteiger partial charge in [-0.05, 0) is 24.1 Å². The Morgan fingerprint density at radius 2 is 1.68 bits per heavy atom. The molecule has 2 N–H and O–H groups in total. The normalized spacial score (nSPS) is 17.5. The van der Waals surface area contributed by atoms with Crippen LogP contribution < -0.4 is 10.6 Å². The Bertz CT molecular complexity index is 593. The maximum atomic E-state index is 5.74. The van der Waals surface area contributed by atoms with Gasteiger partial charge in [-0.25, -0.2) is 0 Å². The van der Waals surface area contributed by atoms with Gasteiger partial charge in [0, 0.05) is 18.6 Å². The maximum absolute atomic E-state index is 5.74. The lowest BCUT2D eigenvalue weighted by Crippen LogP contribution is -2.37. The zero-order valence-electron chi connectivity index (χ0n) is 12.7. The van der Waals surface area contributed by atoms with Crippen molar-refractivity contribution in [1.82, 2.24) is 10.6 Å². The third-order valence-electron chi connectivity index (χ3n) is 3.83. The minimum Gasteiger partial charge on any atom is -0.475 e. The van der Waals surface area contributed by atoms with Gasteiger partial charge in [-0.3, -0.25) is 0 Å². The molecule has 0 aromatic heterocycles. The van der Waals surface area contributed by atoms with E-state index in [1.54, 1.807) is 0 Å². The first-order valence-electron chi connectivity index (χ1n) is 7.71. The van der Waals surface area contributed by atoms with E-state index >= 15 is 0 Å². The van der Waals surface area contributed by atoms with Crippen LogP contribution in [-0.4, -0.2) is 18.6 Å². The second-order valence-electron chi connectivity index (χ2n) is 5.65. The van der Waals surface area contributed by atoms with Crippen molar-refractivity contribution >= 4 is 0 Å². The Labute approximate surface area is 132 Å². The van der Waals surface area contributed by atoms with Crippen molar-refractivity contribution in [3.8, 4) is 0 Å². The average Bonchev–Trinajstić information content (AvgIpc) is 3.39. The van der Waals surface area contributed by atoms with Gasteiger partial charge >= 0.3 is 0 Å². The minimum atomic E-state index is 0.311. The molecule has 3 heteroatoms. The first-order chi connectivity index (χ1) is 10.8. The van der Waals surface area contributed by atoms with Crippen molar-refractivity contribution in [1.29, 1.82) is 0 Å². The van der Waals surface area contributed by atoms with Crippen LogP contribution in [0, 0.1) is 0 Å². The molecule has 1 fully saturated rings. The molecule has 1 aliphatic rings. The highest BCUT2D eigenvalue weighted by Gasteiger charge is 2.30. The van der Waals surface area contributed by atoms with Crippen LogP contribution in [0.25, 0.3) is 0 Å². The molecule has 0 radical (unpaired) electrons. The van der Waals surface area contributed by atoms with Crippen molar-refractivity contribution in [3.63, 3.8) is 0 Å². The summed E-state index contributed by atoms with van der Waals surface area (Å²) in [4.78, 5) is 0. The standard InChI is InChI=1S/C19H22N2O/c1-15(22-14-17-10-6-3-7-11-17)21-18(19-13-20-19)12-16-8-4-2-5-9-16/h2-11,18-21H,1,12-14H2. The molecule has 0 amide bonds. The van der Waals surface area contributed by atoms with Crippen molar-refractivity contribution < 1.29 is 4.74 Å². The van der Waals surface area contributed by atoms with E-state index < -0.39 is 0 Å². The number of benzene rings is 2. The number of hydrogen-bond acceptors (Lipinski definition) is 3. The fraction of sp³-hybridized carbons (Fsp3) is 0.263. The Morgan fingerprint density at radius 3 is 2.27 bits per heavy atom.